The number of pyridine rings is 1. The first-order chi connectivity index (χ1) is 9.31. The zero-order chi connectivity index (χ0) is 13.1. The average molecular weight is 308 g/mol. The van der Waals surface area contributed by atoms with Crippen molar-refractivity contribution in [2.45, 2.75) is 0 Å². The Kier molecular flexibility index (Phi) is 3.31. The molecule has 0 aliphatic rings. The van der Waals surface area contributed by atoms with Gasteiger partial charge >= 0.3 is 0 Å². The molecule has 0 N–H and O–H groups in total. The Morgan fingerprint density at radius 1 is 0.789 bits per heavy atom. The summed E-state index contributed by atoms with van der Waals surface area (Å²) >= 11 is 3.41. The number of hydrogen-bond acceptors (Lipinski definition) is 1. The zero-order valence-corrected chi connectivity index (χ0v) is 11.7. The summed E-state index contributed by atoms with van der Waals surface area (Å²) in [6.07, 6.45) is 0. The van der Waals surface area contributed by atoms with Gasteiger partial charge in [0.2, 0.25) is 0 Å². The summed E-state index contributed by atoms with van der Waals surface area (Å²) in [6.45, 7) is 0. The molecule has 2 aromatic carbocycles. The van der Waals surface area contributed by atoms with Gasteiger partial charge in [0, 0.05) is 15.4 Å². The van der Waals surface area contributed by atoms with Crippen LogP contribution in [0.5, 0.6) is 0 Å². The van der Waals surface area contributed by atoms with E-state index in [9.17, 15) is 0 Å². The highest BCUT2D eigenvalue weighted by Gasteiger charge is 1.94. The number of halogens is 1. The van der Waals surface area contributed by atoms with Crippen molar-refractivity contribution in [2.24, 2.45) is 0 Å². The molecule has 0 bridgehead atoms. The van der Waals surface area contributed by atoms with Gasteiger partial charge in [0.25, 0.3) is 0 Å². The van der Waals surface area contributed by atoms with Crippen LogP contribution >= 0.6 is 15.9 Å². The minimum Gasteiger partial charge on any atom is -0.239 e. The highest BCUT2D eigenvalue weighted by molar-refractivity contribution is 9.10. The molecule has 0 aliphatic heterocycles. The van der Waals surface area contributed by atoms with E-state index < -0.39 is 0 Å². The van der Waals surface area contributed by atoms with Gasteiger partial charge in [-0.25, -0.2) is 4.98 Å². The van der Waals surface area contributed by atoms with Crippen LogP contribution in [0.1, 0.15) is 11.3 Å². The summed E-state index contributed by atoms with van der Waals surface area (Å²) in [7, 11) is 0. The molecule has 1 aromatic heterocycles. The largest absolute Gasteiger partial charge is 0.239 e. The van der Waals surface area contributed by atoms with Crippen LogP contribution in [0.15, 0.2) is 65.1 Å². The normalized spacial score (nSPS) is 9.95. The molecule has 0 spiro atoms. The van der Waals surface area contributed by atoms with Gasteiger partial charge in [0.05, 0.1) is 5.52 Å². The highest BCUT2D eigenvalue weighted by atomic mass is 79.9. The van der Waals surface area contributed by atoms with Gasteiger partial charge in [-0.05, 0) is 42.3 Å². The second-order valence-electron chi connectivity index (χ2n) is 4.15. The Hall–Kier alpha value is -2.11. The van der Waals surface area contributed by atoms with E-state index in [1.54, 1.807) is 0 Å². The first-order valence-corrected chi connectivity index (χ1v) is 6.74. The van der Waals surface area contributed by atoms with E-state index in [1.807, 2.05) is 60.7 Å². The number of nitrogens with zero attached hydrogens (tertiary/aromatic N) is 1. The Bertz CT molecular complexity index is 779. The van der Waals surface area contributed by atoms with Crippen LogP contribution in [0, 0.1) is 11.8 Å². The van der Waals surface area contributed by atoms with Crippen LogP contribution in [-0.4, -0.2) is 4.98 Å². The molecule has 3 aromatic rings. The summed E-state index contributed by atoms with van der Waals surface area (Å²) in [5, 5.41) is 1.14. The maximum atomic E-state index is 4.52. The minimum absolute atomic E-state index is 0.793. The van der Waals surface area contributed by atoms with Crippen molar-refractivity contribution in [1.82, 2.24) is 4.98 Å². The third-order valence-electron chi connectivity index (χ3n) is 2.78. The van der Waals surface area contributed by atoms with Crippen molar-refractivity contribution >= 4 is 26.8 Å². The Labute approximate surface area is 120 Å². The van der Waals surface area contributed by atoms with E-state index in [-0.39, 0.29) is 0 Å². The lowest BCUT2D eigenvalue weighted by Crippen LogP contribution is -1.84. The molecule has 90 valence electrons. The number of hydrogen-bond donors (Lipinski definition) is 0. The van der Waals surface area contributed by atoms with Crippen molar-refractivity contribution < 1.29 is 0 Å². The van der Waals surface area contributed by atoms with Crippen molar-refractivity contribution in [3.8, 4) is 11.8 Å². The summed E-state index contributed by atoms with van der Waals surface area (Å²) in [5.41, 5.74) is 2.75. The number of fused-ring (bicyclic) bond motifs is 1. The Morgan fingerprint density at radius 2 is 1.58 bits per heavy atom. The topological polar surface area (TPSA) is 12.9 Å². The summed E-state index contributed by atoms with van der Waals surface area (Å²) in [4.78, 5) is 4.52. The Balaban J connectivity index is 1.95. The lowest BCUT2D eigenvalue weighted by atomic mass is 10.2. The predicted molar refractivity (Wildman–Crippen MR) is 81.9 cm³/mol. The molecule has 0 saturated heterocycles. The van der Waals surface area contributed by atoms with Gasteiger partial charge in [-0.1, -0.05) is 46.1 Å². The lowest BCUT2D eigenvalue weighted by molar-refractivity contribution is 1.36. The van der Waals surface area contributed by atoms with Gasteiger partial charge < -0.3 is 0 Å². The molecule has 0 unspecified atom stereocenters. The number of rotatable bonds is 0. The van der Waals surface area contributed by atoms with Gasteiger partial charge in [0.15, 0.2) is 0 Å². The number of benzene rings is 2. The fraction of sp³-hybridized carbons (Fsp3) is 0. The molecule has 0 aliphatic carbocycles. The van der Waals surface area contributed by atoms with Crippen LogP contribution in [0.4, 0.5) is 0 Å². The van der Waals surface area contributed by atoms with Crippen LogP contribution in [0.3, 0.4) is 0 Å². The van der Waals surface area contributed by atoms with Crippen LogP contribution in [0.25, 0.3) is 10.9 Å². The molecule has 0 amide bonds. The van der Waals surface area contributed by atoms with E-state index in [1.165, 1.54) is 0 Å². The number of para-hydroxylation sites is 1. The van der Waals surface area contributed by atoms with E-state index in [0.29, 0.717) is 0 Å². The molecule has 0 radical (unpaired) electrons. The third-order valence-corrected chi connectivity index (χ3v) is 3.31. The predicted octanol–water partition coefficient (Wildman–Crippen LogP) is 4.40. The van der Waals surface area contributed by atoms with Crippen LogP contribution < -0.4 is 0 Å². The van der Waals surface area contributed by atoms with Crippen molar-refractivity contribution in [3.05, 3.63) is 76.4 Å². The van der Waals surface area contributed by atoms with Gasteiger partial charge in [-0.2, -0.15) is 0 Å². The SMILES string of the molecule is Brc1ccc(C#Cc2ccc3ccccc3n2)cc1. The molecule has 2 heteroatoms. The molecule has 1 nitrogen and oxygen atoms in total. The molecule has 3 rings (SSSR count). The molecule has 19 heavy (non-hydrogen) atoms. The molecular weight excluding hydrogens is 298 g/mol. The highest BCUT2D eigenvalue weighted by Crippen LogP contribution is 2.12. The maximum absolute atomic E-state index is 4.52. The molecule has 0 atom stereocenters. The molecular formula is C17H10BrN. The van der Waals surface area contributed by atoms with E-state index in [2.05, 4.69) is 32.8 Å². The van der Waals surface area contributed by atoms with E-state index in [0.717, 1.165) is 26.6 Å². The smallest absolute Gasteiger partial charge is 0.114 e. The maximum Gasteiger partial charge on any atom is 0.114 e. The standard InChI is InChI=1S/C17H10BrN/c18-15-9-5-13(6-10-15)7-11-16-12-8-14-3-1-2-4-17(14)19-16/h1-6,8-10,12H. The van der Waals surface area contributed by atoms with E-state index in [4.69, 9.17) is 0 Å². The first kappa shape index (κ1) is 12.0. The monoisotopic (exact) mass is 307 g/mol. The van der Waals surface area contributed by atoms with Crippen LogP contribution in [0.2, 0.25) is 0 Å². The second kappa shape index (κ2) is 5.26. The van der Waals surface area contributed by atoms with Gasteiger partial charge in [-0.3, -0.25) is 0 Å². The number of aromatic nitrogens is 1. The fourth-order valence-corrected chi connectivity index (χ4v) is 2.07. The van der Waals surface area contributed by atoms with Gasteiger partial charge in [-0.15, -0.1) is 0 Å². The summed E-state index contributed by atoms with van der Waals surface area (Å²) < 4.78 is 1.06. The fourth-order valence-electron chi connectivity index (χ4n) is 1.81. The van der Waals surface area contributed by atoms with E-state index >= 15 is 0 Å². The summed E-state index contributed by atoms with van der Waals surface area (Å²) in [6, 6.07) is 20.0. The van der Waals surface area contributed by atoms with Crippen molar-refractivity contribution in [2.75, 3.05) is 0 Å². The molecule has 0 saturated carbocycles. The van der Waals surface area contributed by atoms with Crippen LogP contribution in [-0.2, 0) is 0 Å². The van der Waals surface area contributed by atoms with Crippen molar-refractivity contribution in [1.29, 1.82) is 0 Å². The second-order valence-corrected chi connectivity index (χ2v) is 5.06. The van der Waals surface area contributed by atoms with Gasteiger partial charge in [0.1, 0.15) is 5.69 Å². The summed E-state index contributed by atoms with van der Waals surface area (Å²) in [5.74, 6) is 6.22. The molecule has 1 heterocycles. The molecule has 0 fully saturated rings. The van der Waals surface area contributed by atoms with Crippen molar-refractivity contribution in [3.63, 3.8) is 0 Å². The minimum atomic E-state index is 0.793. The quantitative estimate of drug-likeness (QED) is 0.561. The Morgan fingerprint density at radius 3 is 2.42 bits per heavy atom. The first-order valence-electron chi connectivity index (χ1n) is 5.95. The lowest BCUT2D eigenvalue weighted by Gasteiger charge is -1.96. The average Bonchev–Trinajstić information content (AvgIpc) is 2.46. The third kappa shape index (κ3) is 2.83. The zero-order valence-electron chi connectivity index (χ0n) is 10.1.